The zero-order valence-corrected chi connectivity index (χ0v) is 77.3. The minimum Gasteiger partial charge on any atom is -0.476 e. The molecule has 3 amide bonds. The fraction of sp³-hybridized carbons (Fsp3) is 0.548. The second-order valence-corrected chi connectivity index (χ2v) is 46.1. The van der Waals surface area contributed by atoms with Gasteiger partial charge in [0.2, 0.25) is 17.6 Å². The van der Waals surface area contributed by atoms with E-state index in [2.05, 4.69) is 122 Å². The molecule has 3 saturated heterocycles. The lowest BCUT2D eigenvalue weighted by Crippen LogP contribution is -2.41. The Morgan fingerprint density at radius 1 is 0.515 bits per heavy atom. The Morgan fingerprint density at radius 3 is 1.35 bits per heavy atom. The minimum atomic E-state index is -4.26. The highest BCUT2D eigenvalue weighted by Gasteiger charge is 2.88. The maximum Gasteiger partial charge on any atom is 0.281 e. The highest BCUT2D eigenvalue weighted by atomic mass is 35.5. The molecule has 14 heterocycles. The molecular weight excluding hydrogens is 1730 g/mol. The first kappa shape index (κ1) is 86.2. The molecule has 6 spiro atoms. The molecule has 37 heteroatoms. The third kappa shape index (κ3) is 16.1. The van der Waals surface area contributed by atoms with E-state index in [1.54, 1.807) is 88.4 Å². The molecule has 7 N–H and O–H groups in total. The largest absolute Gasteiger partial charge is 0.476 e. The number of hydrogen-bond donors (Lipinski definition) is 7. The molecule has 33 nitrogen and oxygen atoms in total. The summed E-state index contributed by atoms with van der Waals surface area (Å²) in [6.07, 6.45) is 30.2. The van der Waals surface area contributed by atoms with E-state index in [9.17, 15) is 39.6 Å². The predicted octanol–water partition coefficient (Wildman–Crippen LogP) is 12.9. The number of sulfonamides is 3. The quantitative estimate of drug-likeness (QED) is 0.0275. The summed E-state index contributed by atoms with van der Waals surface area (Å²) in [5.74, 6) is 6.27. The van der Waals surface area contributed by atoms with Gasteiger partial charge in [0.25, 0.3) is 47.8 Å². The van der Waals surface area contributed by atoms with E-state index in [0.717, 1.165) is 64.3 Å². The van der Waals surface area contributed by atoms with E-state index in [1.165, 1.54) is 106 Å². The number of amides is 3. The second kappa shape index (κ2) is 31.6. The van der Waals surface area contributed by atoms with Crippen LogP contribution in [0.1, 0.15) is 207 Å². The fourth-order valence-electron chi connectivity index (χ4n) is 23.9. The van der Waals surface area contributed by atoms with Crippen LogP contribution in [0.4, 0.5) is 29.1 Å². The van der Waals surface area contributed by atoms with Gasteiger partial charge in [0.15, 0.2) is 32.5 Å². The Labute approximate surface area is 761 Å². The van der Waals surface area contributed by atoms with Gasteiger partial charge in [-0.3, -0.25) is 14.4 Å². The van der Waals surface area contributed by atoms with E-state index >= 15 is 0 Å². The van der Waals surface area contributed by atoms with Gasteiger partial charge in [0.05, 0.1) is 36.5 Å². The monoisotopic (exact) mass is 1850 g/mol. The number of fused-ring (bicyclic) bond motifs is 15. The standard InChI is InChI=1S/C31H38ClN7O4S.2C31H37N7O4S/c1-29(2)17-20(18-34-29)5-4-15-33-23-6-3-7-26(35-23)44(41,42)38-28(40)21-8-9-24(36-27(21)32)39-16-10-25(37-39)43-19-22-30(11-12-30)31(22)13-14-31;2*1-29(2)17-20-5-4-15-32-23-6-3-7-26(33-23)43(40,41)36-28(39)21-8-9-24(34-27(21)37(29)18-20)38-16-10-25(35-38)42-19-22-30(11-12-30)31(22)13-14-31/h3,6-10,16,20,22,34H,4-5,11-15,17-19H2,1-2H3,(H,33,35)(H,38,40);2*3,6-10,16,20,22H,4-5,11-15,17-19H2,1-2H3,(H,32,33)(H,36,39). The van der Waals surface area contributed by atoms with Crippen LogP contribution in [0.3, 0.4) is 0 Å². The first-order valence-electron chi connectivity index (χ1n) is 46.1. The van der Waals surface area contributed by atoms with Crippen molar-refractivity contribution in [1.29, 1.82) is 0 Å². The van der Waals surface area contributed by atoms with Gasteiger partial charge in [-0.2, -0.15) is 25.3 Å². The van der Waals surface area contributed by atoms with Crippen LogP contribution in [-0.2, 0) is 30.1 Å². The van der Waals surface area contributed by atoms with Crippen molar-refractivity contribution in [3.63, 3.8) is 0 Å². The number of halogens is 1. The Hall–Kier alpha value is -10.6. The van der Waals surface area contributed by atoms with Gasteiger partial charge in [-0.1, -0.05) is 29.8 Å². The molecule has 12 fully saturated rings. The van der Waals surface area contributed by atoms with Crippen LogP contribution in [-0.4, -0.2) is 178 Å². The molecule has 0 radical (unpaired) electrons. The Morgan fingerprint density at radius 2 is 0.938 bits per heavy atom. The van der Waals surface area contributed by atoms with Gasteiger partial charge in [-0.15, -0.1) is 15.3 Å². The van der Waals surface area contributed by atoms with Gasteiger partial charge in [0, 0.05) is 104 Å². The number of nitrogens with one attached hydrogen (secondary N) is 7. The number of ether oxygens (including phenoxy) is 3. The molecule has 9 aromatic rings. The molecule has 23 rings (SSSR count). The average Bonchev–Trinajstić information content (AvgIpc) is 1.45. The summed E-state index contributed by atoms with van der Waals surface area (Å²) < 4.78 is 109. The smallest absolute Gasteiger partial charge is 0.281 e. The van der Waals surface area contributed by atoms with Crippen molar-refractivity contribution in [2.75, 3.05) is 84.8 Å². The number of anilines is 5. The maximum atomic E-state index is 13.6. The van der Waals surface area contributed by atoms with Crippen LogP contribution in [0.15, 0.2) is 143 Å². The summed E-state index contributed by atoms with van der Waals surface area (Å²) in [5.41, 5.74) is 3.31. The highest BCUT2D eigenvalue weighted by Crippen LogP contribution is 2.94. The molecule has 8 bridgehead atoms. The van der Waals surface area contributed by atoms with E-state index in [-0.39, 0.29) is 53.5 Å². The molecule has 130 heavy (non-hydrogen) atoms. The molecule has 9 aromatic heterocycles. The van der Waals surface area contributed by atoms with E-state index in [1.807, 2.05) is 24.5 Å². The normalized spacial score (nSPS) is 24.5. The molecule has 3 unspecified atom stereocenters. The molecule has 5 aliphatic heterocycles. The molecule has 9 saturated carbocycles. The van der Waals surface area contributed by atoms with Gasteiger partial charge < -0.3 is 45.3 Å². The van der Waals surface area contributed by atoms with Crippen molar-refractivity contribution in [3.05, 3.63) is 150 Å². The van der Waals surface area contributed by atoms with Gasteiger partial charge >= 0.3 is 0 Å². The SMILES string of the molecule is CC1(C)CC(CCCNc2cccc(S(=O)(=O)NC(=O)c3ccc(-n4ccc(OCC5C6(CC6)C56CC6)n4)nc3Cl)n2)CN1.CC1(C)CC2CCCNc3cccc(n3)S(=O)(=O)NC(=O)c3ccc(-n4ccc(OCC5C6(CC6)C56CC6)n4)nc3N1C2.CC1(C)CC2CCCNc3cccc(n3)S(=O)(=O)NC(=O)c3ccc(-n4ccc(OCC5C6(CC6)C56CC6)n4)nc3N1C2. The Bertz CT molecular complexity index is 6050. The number of pyridine rings is 6. The van der Waals surface area contributed by atoms with Crippen molar-refractivity contribution in [2.45, 2.75) is 208 Å². The van der Waals surface area contributed by atoms with Gasteiger partial charge in [-0.25, -0.2) is 58.1 Å². The topological polar surface area (TPSA) is 403 Å². The molecule has 3 atom stereocenters. The van der Waals surface area contributed by atoms with Crippen LogP contribution < -0.4 is 59.4 Å². The fourth-order valence-corrected chi connectivity index (χ4v) is 27.0. The highest BCUT2D eigenvalue weighted by molar-refractivity contribution is 7.90. The van der Waals surface area contributed by atoms with Crippen LogP contribution >= 0.6 is 11.6 Å². The maximum absolute atomic E-state index is 13.6. The number of nitrogens with zero attached hydrogens (tertiary/aromatic N) is 14. The van der Waals surface area contributed by atoms with Crippen LogP contribution in [0.5, 0.6) is 17.6 Å². The average molecular weight is 1850 g/mol. The molecule has 686 valence electrons. The third-order valence-corrected chi connectivity index (χ3v) is 35.4. The molecule has 14 aliphatic rings. The van der Waals surface area contributed by atoms with Crippen molar-refractivity contribution in [3.8, 4) is 35.1 Å². The number of hydrogen-bond acceptors (Lipinski definition) is 27. The zero-order chi connectivity index (χ0) is 90.0. The lowest BCUT2D eigenvalue weighted by molar-refractivity contribution is 0.0972. The van der Waals surface area contributed by atoms with Gasteiger partial charge in [-0.05, 0) is 306 Å². The molecular formula is C93H112ClN21O12S3. The van der Waals surface area contributed by atoms with Crippen molar-refractivity contribution in [2.24, 2.45) is 68.0 Å². The summed E-state index contributed by atoms with van der Waals surface area (Å²) in [6.45, 7) is 19.6. The number of carbonyl (C=O) groups excluding carboxylic acids is 3. The summed E-state index contributed by atoms with van der Waals surface area (Å²) in [5, 5.41) is 26.1. The van der Waals surface area contributed by atoms with E-state index < -0.39 is 47.8 Å². The third-order valence-electron chi connectivity index (χ3n) is 31.4. The van der Waals surface area contributed by atoms with Crippen LogP contribution in [0.2, 0.25) is 5.15 Å². The lowest BCUT2D eigenvalue weighted by Gasteiger charge is -2.34. The Balaban J connectivity index is 0.000000118. The first-order valence-corrected chi connectivity index (χ1v) is 50.9. The summed E-state index contributed by atoms with van der Waals surface area (Å²) in [7, 11) is -12.7. The van der Waals surface area contributed by atoms with Crippen molar-refractivity contribution >= 4 is 88.5 Å². The lowest BCUT2D eigenvalue weighted by atomic mass is 9.93. The minimum absolute atomic E-state index is 0.0836. The number of carbonyl (C=O) groups is 3. The first-order chi connectivity index (χ1) is 62.2. The summed E-state index contributed by atoms with van der Waals surface area (Å²) in [4.78, 5) is 71.3. The second-order valence-electron chi connectivity index (χ2n) is 40.8. The Kier molecular flexibility index (Phi) is 20.9. The molecule has 0 aromatic carbocycles. The predicted molar refractivity (Wildman–Crippen MR) is 485 cm³/mol. The summed E-state index contributed by atoms with van der Waals surface area (Å²) >= 11 is 6.33. The van der Waals surface area contributed by atoms with E-state index in [0.29, 0.717) is 185 Å². The van der Waals surface area contributed by atoms with Crippen LogP contribution in [0.25, 0.3) is 17.5 Å². The zero-order valence-electron chi connectivity index (χ0n) is 74.1. The summed E-state index contributed by atoms with van der Waals surface area (Å²) in [6, 6.07) is 29.2. The van der Waals surface area contributed by atoms with E-state index in [4.69, 9.17) is 35.8 Å². The van der Waals surface area contributed by atoms with Crippen molar-refractivity contribution in [1.82, 2.24) is 78.7 Å². The van der Waals surface area contributed by atoms with Crippen LogP contribution in [0, 0.1) is 68.0 Å². The van der Waals surface area contributed by atoms with Crippen molar-refractivity contribution < 1.29 is 53.8 Å². The molecule has 9 aliphatic carbocycles. The number of aromatic nitrogens is 12. The number of rotatable bonds is 20. The van der Waals surface area contributed by atoms with Gasteiger partial charge in [0.1, 0.15) is 34.2 Å².